The highest BCUT2D eigenvalue weighted by molar-refractivity contribution is 5.32. The van der Waals surface area contributed by atoms with Crippen LogP contribution in [0.1, 0.15) is 63.4 Å². The molecule has 0 amide bonds. The maximum Gasteiger partial charge on any atom is 0.164 e. The largest absolute Gasteiger partial charge is 0.344 e. The Balaban J connectivity index is 2.03. The summed E-state index contributed by atoms with van der Waals surface area (Å²) in [5.74, 6) is 0.433. The highest BCUT2D eigenvalue weighted by Crippen LogP contribution is 2.57. The number of ether oxygens (including phenoxy) is 2. The van der Waals surface area contributed by atoms with Gasteiger partial charge in [0.2, 0.25) is 0 Å². The molecule has 4 atom stereocenters. The molecule has 1 aromatic heterocycles. The van der Waals surface area contributed by atoms with Crippen molar-refractivity contribution in [2.75, 3.05) is 0 Å². The molecule has 1 saturated carbocycles. The summed E-state index contributed by atoms with van der Waals surface area (Å²) in [4.78, 5) is 4.65. The second-order valence-corrected chi connectivity index (χ2v) is 7.31. The van der Waals surface area contributed by atoms with Crippen molar-refractivity contribution in [2.24, 2.45) is 5.92 Å². The monoisotopic (exact) mass is 289 g/mol. The molecule has 3 heteroatoms. The van der Waals surface area contributed by atoms with Crippen molar-refractivity contribution < 1.29 is 9.47 Å². The third-order valence-electron chi connectivity index (χ3n) is 5.27. The Kier molecular flexibility index (Phi) is 3.42. The minimum atomic E-state index is -0.489. The first-order chi connectivity index (χ1) is 9.77. The molecule has 1 saturated heterocycles. The van der Waals surface area contributed by atoms with Gasteiger partial charge in [-0.2, -0.15) is 0 Å². The number of fused-ring (bicyclic) bond motifs is 1. The van der Waals surface area contributed by atoms with E-state index in [4.69, 9.17) is 9.47 Å². The first-order valence-corrected chi connectivity index (χ1v) is 8.09. The Labute approximate surface area is 128 Å². The lowest BCUT2D eigenvalue weighted by Crippen LogP contribution is -2.39. The van der Waals surface area contributed by atoms with Gasteiger partial charge in [-0.1, -0.05) is 19.4 Å². The number of nitrogens with zero attached hydrogens (tertiary/aromatic N) is 1. The predicted octanol–water partition coefficient (Wildman–Crippen LogP) is 4.12. The number of aromatic nitrogens is 1. The lowest BCUT2D eigenvalue weighted by molar-refractivity contribution is -0.171. The molecule has 1 aliphatic heterocycles. The molecular weight excluding hydrogens is 262 g/mol. The molecule has 0 radical (unpaired) electrons. The number of hydrogen-bond donors (Lipinski definition) is 0. The molecular formula is C18H27NO2. The second-order valence-electron chi connectivity index (χ2n) is 7.31. The van der Waals surface area contributed by atoms with E-state index >= 15 is 0 Å². The van der Waals surface area contributed by atoms with Gasteiger partial charge in [0.15, 0.2) is 5.79 Å². The smallest absolute Gasteiger partial charge is 0.164 e. The van der Waals surface area contributed by atoms with Gasteiger partial charge in [-0.25, -0.2) is 0 Å². The second kappa shape index (κ2) is 4.79. The maximum absolute atomic E-state index is 6.39. The topological polar surface area (TPSA) is 31.4 Å². The summed E-state index contributed by atoms with van der Waals surface area (Å²) in [5.41, 5.74) is 3.29. The Morgan fingerprint density at radius 1 is 1.24 bits per heavy atom. The van der Waals surface area contributed by atoms with E-state index in [1.165, 1.54) is 5.56 Å². The van der Waals surface area contributed by atoms with E-state index in [9.17, 15) is 0 Å². The molecule has 2 fully saturated rings. The summed E-state index contributed by atoms with van der Waals surface area (Å²) < 4.78 is 12.6. The van der Waals surface area contributed by atoms with Crippen molar-refractivity contribution in [3.8, 4) is 0 Å². The van der Waals surface area contributed by atoms with Crippen LogP contribution >= 0.6 is 0 Å². The van der Waals surface area contributed by atoms with Gasteiger partial charge in [0.1, 0.15) is 5.60 Å². The molecule has 1 aliphatic carbocycles. The van der Waals surface area contributed by atoms with Crippen molar-refractivity contribution in [1.82, 2.24) is 4.98 Å². The van der Waals surface area contributed by atoms with Gasteiger partial charge in [-0.05, 0) is 58.6 Å². The third-order valence-corrected chi connectivity index (χ3v) is 5.27. The average molecular weight is 289 g/mol. The molecule has 116 valence electrons. The minimum Gasteiger partial charge on any atom is -0.344 e. The van der Waals surface area contributed by atoms with E-state index in [1.807, 2.05) is 20.8 Å². The number of aryl methyl sites for hydroxylation is 2. The van der Waals surface area contributed by atoms with Crippen LogP contribution in [-0.4, -0.2) is 22.5 Å². The van der Waals surface area contributed by atoms with Crippen LogP contribution in [0.5, 0.6) is 0 Å². The molecule has 3 nitrogen and oxygen atoms in total. The predicted molar refractivity (Wildman–Crippen MR) is 83.3 cm³/mol. The summed E-state index contributed by atoms with van der Waals surface area (Å²) in [6.45, 7) is 12.7. The van der Waals surface area contributed by atoms with Crippen molar-refractivity contribution in [2.45, 2.75) is 77.8 Å². The molecule has 0 N–H and O–H groups in total. The number of pyridine rings is 1. The number of hydrogen-bond acceptors (Lipinski definition) is 3. The maximum atomic E-state index is 6.39. The average Bonchev–Trinajstić information content (AvgIpc) is 2.76. The minimum absolute atomic E-state index is 0.184. The Hall–Kier alpha value is -0.930. The molecule has 0 unspecified atom stereocenters. The highest BCUT2D eigenvalue weighted by Gasteiger charge is 2.61. The van der Waals surface area contributed by atoms with Crippen LogP contribution in [-0.2, 0) is 9.47 Å². The molecule has 3 rings (SSSR count). The van der Waals surface area contributed by atoms with E-state index in [0.717, 1.165) is 24.2 Å². The zero-order chi connectivity index (χ0) is 15.4. The molecule has 0 bridgehead atoms. The fourth-order valence-corrected chi connectivity index (χ4v) is 4.41. The lowest BCUT2D eigenvalue weighted by Gasteiger charge is -2.31. The van der Waals surface area contributed by atoms with E-state index in [2.05, 4.69) is 37.9 Å². The van der Waals surface area contributed by atoms with Crippen molar-refractivity contribution in [3.63, 3.8) is 0 Å². The van der Waals surface area contributed by atoms with E-state index in [-0.39, 0.29) is 11.7 Å². The fourth-order valence-electron chi connectivity index (χ4n) is 4.41. The normalized spacial score (nSPS) is 37.7. The van der Waals surface area contributed by atoms with E-state index < -0.39 is 5.79 Å². The quantitative estimate of drug-likeness (QED) is 0.820. The third kappa shape index (κ3) is 2.31. The summed E-state index contributed by atoms with van der Waals surface area (Å²) in [6.07, 6.45) is 2.44. The van der Waals surface area contributed by atoms with Gasteiger partial charge >= 0.3 is 0 Å². The fraction of sp³-hybridized carbons (Fsp3) is 0.722. The van der Waals surface area contributed by atoms with Crippen LogP contribution in [0.25, 0.3) is 0 Å². The highest BCUT2D eigenvalue weighted by atomic mass is 16.8. The summed E-state index contributed by atoms with van der Waals surface area (Å²) in [6, 6.07) is 4.35. The molecule has 0 aromatic carbocycles. The molecule has 0 spiro atoms. The Bertz CT molecular complexity index is 554. The van der Waals surface area contributed by atoms with Crippen LogP contribution in [0.3, 0.4) is 0 Å². The Morgan fingerprint density at radius 3 is 2.57 bits per heavy atom. The Morgan fingerprint density at radius 2 is 1.95 bits per heavy atom. The standard InChI is InChI=1S/C18H27NO2/c1-7-13-10-15(14-9-8-11(2)19-12(14)3)18(6)16(13)20-17(4,5)21-18/h8-9,13,15-16H,7,10H2,1-6H3/t13-,15-,16+,18-/m0/s1. The van der Waals surface area contributed by atoms with Gasteiger partial charge < -0.3 is 9.47 Å². The SMILES string of the molecule is CC[C@H]1C[C@@H](c2ccc(C)nc2C)[C@]2(C)OC(C)(C)O[C@H]12. The van der Waals surface area contributed by atoms with Crippen LogP contribution in [0, 0.1) is 19.8 Å². The number of rotatable bonds is 2. The van der Waals surface area contributed by atoms with E-state index in [0.29, 0.717) is 11.8 Å². The van der Waals surface area contributed by atoms with Gasteiger partial charge in [-0.3, -0.25) is 4.98 Å². The van der Waals surface area contributed by atoms with Crippen LogP contribution in [0.2, 0.25) is 0 Å². The first-order valence-electron chi connectivity index (χ1n) is 8.09. The van der Waals surface area contributed by atoms with Crippen LogP contribution in [0.4, 0.5) is 0 Å². The van der Waals surface area contributed by atoms with Gasteiger partial charge in [0, 0.05) is 17.3 Å². The van der Waals surface area contributed by atoms with Gasteiger partial charge in [0.25, 0.3) is 0 Å². The molecule has 2 heterocycles. The summed E-state index contributed by atoms with van der Waals surface area (Å²) in [7, 11) is 0. The molecule has 21 heavy (non-hydrogen) atoms. The zero-order valence-electron chi connectivity index (χ0n) is 14.1. The zero-order valence-corrected chi connectivity index (χ0v) is 14.1. The van der Waals surface area contributed by atoms with Gasteiger partial charge in [0.05, 0.1) is 6.10 Å². The van der Waals surface area contributed by atoms with E-state index in [1.54, 1.807) is 0 Å². The van der Waals surface area contributed by atoms with Crippen molar-refractivity contribution >= 4 is 0 Å². The van der Waals surface area contributed by atoms with Crippen molar-refractivity contribution in [3.05, 3.63) is 29.1 Å². The summed E-state index contributed by atoms with van der Waals surface area (Å²) in [5, 5.41) is 0. The molecule has 1 aromatic rings. The van der Waals surface area contributed by atoms with Crippen molar-refractivity contribution in [1.29, 1.82) is 0 Å². The van der Waals surface area contributed by atoms with Crippen LogP contribution < -0.4 is 0 Å². The summed E-state index contributed by atoms with van der Waals surface area (Å²) >= 11 is 0. The molecule has 2 aliphatic rings. The van der Waals surface area contributed by atoms with Gasteiger partial charge in [-0.15, -0.1) is 0 Å². The van der Waals surface area contributed by atoms with Crippen LogP contribution in [0.15, 0.2) is 12.1 Å². The first kappa shape index (κ1) is 15.0. The lowest BCUT2D eigenvalue weighted by atomic mass is 9.84.